The smallest absolute Gasteiger partial charge is 0.225 e. The number of rotatable bonds is 0. The lowest BCUT2D eigenvalue weighted by molar-refractivity contribution is -0.138. The van der Waals surface area contributed by atoms with E-state index in [1.54, 1.807) is 0 Å². The van der Waals surface area contributed by atoms with E-state index in [4.69, 9.17) is 0 Å². The van der Waals surface area contributed by atoms with Gasteiger partial charge in [0, 0.05) is 19.5 Å². The van der Waals surface area contributed by atoms with Gasteiger partial charge in [-0.05, 0) is 12.3 Å². The van der Waals surface area contributed by atoms with Gasteiger partial charge in [0.05, 0.1) is 0 Å². The molecule has 0 aromatic rings. The van der Waals surface area contributed by atoms with Gasteiger partial charge in [-0.15, -0.1) is 0 Å². The minimum Gasteiger partial charge on any atom is -0.346 e. The summed E-state index contributed by atoms with van der Waals surface area (Å²) in [6, 6.07) is 0. The standard InChI is InChI=1S/C8H15NO/c1-6-4-5-9(3)8(10)7(6)2/h6-7H,4-5H2,1-3H3/t6-,7-/m1/s1. The van der Waals surface area contributed by atoms with E-state index in [0.29, 0.717) is 11.8 Å². The summed E-state index contributed by atoms with van der Waals surface area (Å²) in [5, 5.41) is 0. The molecule has 10 heavy (non-hydrogen) atoms. The van der Waals surface area contributed by atoms with Crippen LogP contribution in [0.4, 0.5) is 0 Å². The van der Waals surface area contributed by atoms with Crippen molar-refractivity contribution in [3.8, 4) is 0 Å². The Kier molecular flexibility index (Phi) is 1.97. The van der Waals surface area contributed by atoms with E-state index < -0.39 is 0 Å². The number of likely N-dealkylation sites (tertiary alicyclic amines) is 1. The van der Waals surface area contributed by atoms with Crippen LogP contribution >= 0.6 is 0 Å². The van der Waals surface area contributed by atoms with Crippen LogP contribution in [0.2, 0.25) is 0 Å². The maximum Gasteiger partial charge on any atom is 0.225 e. The summed E-state index contributed by atoms with van der Waals surface area (Å²) >= 11 is 0. The zero-order chi connectivity index (χ0) is 7.72. The van der Waals surface area contributed by atoms with Crippen molar-refractivity contribution in [3.05, 3.63) is 0 Å². The fraction of sp³-hybridized carbons (Fsp3) is 0.875. The average Bonchev–Trinajstić information content (AvgIpc) is 1.93. The molecule has 2 atom stereocenters. The molecule has 0 aromatic carbocycles. The van der Waals surface area contributed by atoms with Crippen LogP contribution in [0.5, 0.6) is 0 Å². The molecular weight excluding hydrogens is 126 g/mol. The summed E-state index contributed by atoms with van der Waals surface area (Å²) in [5.74, 6) is 1.11. The van der Waals surface area contributed by atoms with E-state index in [-0.39, 0.29) is 5.92 Å². The third-order valence-corrected chi connectivity index (χ3v) is 2.54. The van der Waals surface area contributed by atoms with E-state index in [0.717, 1.165) is 13.0 Å². The summed E-state index contributed by atoms with van der Waals surface area (Å²) < 4.78 is 0. The normalized spacial score (nSPS) is 34.7. The molecular formula is C8H15NO. The molecule has 0 bridgehead atoms. The molecule has 2 heteroatoms. The molecule has 0 N–H and O–H groups in total. The average molecular weight is 141 g/mol. The number of hydrogen-bond donors (Lipinski definition) is 0. The van der Waals surface area contributed by atoms with Gasteiger partial charge in [0.2, 0.25) is 5.91 Å². The number of hydrogen-bond acceptors (Lipinski definition) is 1. The van der Waals surface area contributed by atoms with Crippen LogP contribution in [0, 0.1) is 11.8 Å². The van der Waals surface area contributed by atoms with Crippen molar-refractivity contribution >= 4 is 5.91 Å². The summed E-state index contributed by atoms with van der Waals surface area (Å²) in [4.78, 5) is 13.1. The Hall–Kier alpha value is -0.530. The van der Waals surface area contributed by atoms with Gasteiger partial charge in [0.25, 0.3) is 0 Å². The number of piperidine rings is 1. The van der Waals surface area contributed by atoms with E-state index >= 15 is 0 Å². The molecule has 0 spiro atoms. The first kappa shape index (κ1) is 7.58. The van der Waals surface area contributed by atoms with Gasteiger partial charge in [-0.3, -0.25) is 4.79 Å². The molecule has 1 fully saturated rings. The highest BCUT2D eigenvalue weighted by Gasteiger charge is 2.27. The first-order chi connectivity index (χ1) is 4.63. The fourth-order valence-electron chi connectivity index (χ4n) is 1.35. The van der Waals surface area contributed by atoms with Gasteiger partial charge in [-0.2, -0.15) is 0 Å². The fourth-order valence-corrected chi connectivity index (χ4v) is 1.35. The summed E-state index contributed by atoms with van der Waals surface area (Å²) in [6.07, 6.45) is 1.16. The van der Waals surface area contributed by atoms with E-state index in [9.17, 15) is 4.79 Å². The lowest BCUT2D eigenvalue weighted by Gasteiger charge is -2.31. The number of carbonyl (C=O) groups is 1. The highest BCUT2D eigenvalue weighted by molar-refractivity contribution is 5.79. The molecule has 0 radical (unpaired) electrons. The summed E-state index contributed by atoms with van der Waals surface area (Å²) in [6.45, 7) is 5.10. The Labute approximate surface area is 62.2 Å². The molecule has 1 amide bonds. The van der Waals surface area contributed by atoms with Gasteiger partial charge in [0.1, 0.15) is 0 Å². The zero-order valence-corrected chi connectivity index (χ0v) is 6.92. The Morgan fingerprint density at radius 1 is 1.50 bits per heavy atom. The van der Waals surface area contributed by atoms with Crippen molar-refractivity contribution in [3.63, 3.8) is 0 Å². The van der Waals surface area contributed by atoms with Crippen molar-refractivity contribution < 1.29 is 4.79 Å². The minimum atomic E-state index is 0.235. The monoisotopic (exact) mass is 141 g/mol. The zero-order valence-electron chi connectivity index (χ0n) is 6.92. The van der Waals surface area contributed by atoms with Crippen LogP contribution in [0.15, 0.2) is 0 Å². The summed E-state index contributed by atoms with van der Waals surface area (Å²) in [5.41, 5.74) is 0. The number of amides is 1. The first-order valence-corrected chi connectivity index (χ1v) is 3.88. The third-order valence-electron chi connectivity index (χ3n) is 2.54. The molecule has 58 valence electrons. The second-order valence-corrected chi connectivity index (χ2v) is 3.31. The number of carbonyl (C=O) groups excluding carboxylic acids is 1. The Bertz CT molecular complexity index is 144. The quantitative estimate of drug-likeness (QED) is 0.495. The first-order valence-electron chi connectivity index (χ1n) is 3.88. The van der Waals surface area contributed by atoms with Crippen LogP contribution in [-0.4, -0.2) is 24.4 Å². The van der Waals surface area contributed by atoms with Crippen molar-refractivity contribution in [2.24, 2.45) is 11.8 Å². The minimum absolute atomic E-state index is 0.235. The van der Waals surface area contributed by atoms with Crippen LogP contribution in [0.1, 0.15) is 20.3 Å². The SMILES string of the molecule is C[C@@H]1CCN(C)C(=O)[C@@H]1C. The van der Waals surface area contributed by atoms with Crippen molar-refractivity contribution in [1.82, 2.24) is 4.90 Å². The molecule has 1 rings (SSSR count). The lowest BCUT2D eigenvalue weighted by Crippen LogP contribution is -2.41. The van der Waals surface area contributed by atoms with Gasteiger partial charge in [-0.1, -0.05) is 13.8 Å². The second-order valence-electron chi connectivity index (χ2n) is 3.31. The van der Waals surface area contributed by atoms with Crippen LogP contribution in [-0.2, 0) is 4.79 Å². The van der Waals surface area contributed by atoms with Crippen LogP contribution < -0.4 is 0 Å². The Morgan fingerprint density at radius 2 is 2.10 bits per heavy atom. The third kappa shape index (κ3) is 1.15. The van der Waals surface area contributed by atoms with E-state index in [2.05, 4.69) is 6.92 Å². The molecule has 0 aromatic heterocycles. The topological polar surface area (TPSA) is 20.3 Å². The maximum absolute atomic E-state index is 11.3. The van der Waals surface area contributed by atoms with Crippen LogP contribution in [0.25, 0.3) is 0 Å². The predicted octanol–water partition coefficient (Wildman–Crippen LogP) is 1.12. The lowest BCUT2D eigenvalue weighted by atomic mass is 9.88. The highest BCUT2D eigenvalue weighted by atomic mass is 16.2. The van der Waals surface area contributed by atoms with E-state index in [1.165, 1.54) is 0 Å². The maximum atomic E-state index is 11.3. The molecule has 1 aliphatic rings. The van der Waals surface area contributed by atoms with Gasteiger partial charge in [-0.25, -0.2) is 0 Å². The van der Waals surface area contributed by atoms with E-state index in [1.807, 2.05) is 18.9 Å². The molecule has 1 aliphatic heterocycles. The Balaban J connectivity index is 2.60. The largest absolute Gasteiger partial charge is 0.346 e. The molecule has 1 saturated heterocycles. The molecule has 1 heterocycles. The van der Waals surface area contributed by atoms with Crippen molar-refractivity contribution in [2.75, 3.05) is 13.6 Å². The van der Waals surface area contributed by atoms with Gasteiger partial charge < -0.3 is 4.90 Å². The van der Waals surface area contributed by atoms with Gasteiger partial charge >= 0.3 is 0 Å². The van der Waals surface area contributed by atoms with Crippen molar-refractivity contribution in [2.45, 2.75) is 20.3 Å². The molecule has 0 unspecified atom stereocenters. The van der Waals surface area contributed by atoms with Gasteiger partial charge in [0.15, 0.2) is 0 Å². The van der Waals surface area contributed by atoms with Crippen LogP contribution in [0.3, 0.4) is 0 Å². The molecule has 0 aliphatic carbocycles. The van der Waals surface area contributed by atoms with Crippen molar-refractivity contribution in [1.29, 1.82) is 0 Å². The Morgan fingerprint density at radius 3 is 2.60 bits per heavy atom. The number of nitrogens with zero attached hydrogens (tertiary/aromatic N) is 1. The summed E-state index contributed by atoms with van der Waals surface area (Å²) in [7, 11) is 1.88. The highest BCUT2D eigenvalue weighted by Crippen LogP contribution is 2.22. The second kappa shape index (κ2) is 2.60. The predicted molar refractivity (Wildman–Crippen MR) is 40.6 cm³/mol. The molecule has 2 nitrogen and oxygen atoms in total. The molecule has 0 saturated carbocycles.